The molecule has 1 N–H and O–H groups in total. The van der Waals surface area contributed by atoms with Gasteiger partial charge in [-0.25, -0.2) is 9.80 Å². The number of rotatable bonds is 1. The van der Waals surface area contributed by atoms with Crippen molar-refractivity contribution in [1.29, 1.82) is 0 Å². The Labute approximate surface area is 81.9 Å². The van der Waals surface area contributed by atoms with Gasteiger partial charge in [0.1, 0.15) is 0 Å². The molecule has 1 amide bonds. The number of hydrogen-bond acceptors (Lipinski definition) is 4. The fourth-order valence-electron chi connectivity index (χ4n) is 1.51. The summed E-state index contributed by atoms with van der Waals surface area (Å²) in [6.07, 6.45) is 6.53. The van der Waals surface area contributed by atoms with Crippen molar-refractivity contribution < 1.29 is 4.79 Å². The fraction of sp³-hybridized carbons (Fsp3) is 0.625. The van der Waals surface area contributed by atoms with Crippen LogP contribution >= 0.6 is 0 Å². The third kappa shape index (κ3) is 2.08. The van der Waals surface area contributed by atoms with Crippen molar-refractivity contribution in [2.75, 3.05) is 13.1 Å². The number of piperidine rings is 1. The molecule has 2 heterocycles. The molecule has 0 radical (unpaired) electrons. The Kier molecular flexibility index (Phi) is 2.73. The zero-order valence-electron chi connectivity index (χ0n) is 7.89. The molecular formula is C8H13N5O. The normalized spacial score (nSPS) is 18.0. The van der Waals surface area contributed by atoms with Crippen molar-refractivity contribution in [2.45, 2.75) is 19.3 Å². The molecule has 0 aliphatic carbocycles. The van der Waals surface area contributed by atoms with Crippen LogP contribution in [0.25, 0.3) is 0 Å². The molecule has 6 heteroatoms. The van der Waals surface area contributed by atoms with Crippen molar-refractivity contribution in [1.82, 2.24) is 25.4 Å². The van der Waals surface area contributed by atoms with Crippen molar-refractivity contribution >= 4 is 6.03 Å². The van der Waals surface area contributed by atoms with E-state index in [0.29, 0.717) is 0 Å². The van der Waals surface area contributed by atoms with E-state index >= 15 is 0 Å². The van der Waals surface area contributed by atoms with E-state index in [1.54, 1.807) is 0 Å². The lowest BCUT2D eigenvalue weighted by atomic mass is 10.2. The van der Waals surface area contributed by atoms with E-state index in [0.717, 1.165) is 25.9 Å². The molecule has 0 saturated carbocycles. The lowest BCUT2D eigenvalue weighted by Gasteiger charge is -2.26. The van der Waals surface area contributed by atoms with Gasteiger partial charge in [-0.1, -0.05) is 11.6 Å². The number of nitrogens with zero attached hydrogens (tertiary/aromatic N) is 4. The van der Waals surface area contributed by atoms with Crippen molar-refractivity contribution in [3.8, 4) is 0 Å². The summed E-state index contributed by atoms with van der Waals surface area (Å²) in [6.45, 7) is 1.83. The van der Waals surface area contributed by atoms with Gasteiger partial charge < -0.3 is 0 Å². The quantitative estimate of drug-likeness (QED) is 0.697. The Morgan fingerprint density at radius 3 is 2.71 bits per heavy atom. The summed E-state index contributed by atoms with van der Waals surface area (Å²) >= 11 is 0. The largest absolute Gasteiger partial charge is 0.357 e. The lowest BCUT2D eigenvalue weighted by Crippen LogP contribution is -2.46. The summed E-state index contributed by atoms with van der Waals surface area (Å²) in [5.74, 6) is 0. The number of hydrazine groups is 1. The van der Waals surface area contributed by atoms with E-state index in [4.69, 9.17) is 0 Å². The van der Waals surface area contributed by atoms with Gasteiger partial charge in [-0.2, -0.15) is 4.68 Å². The summed E-state index contributed by atoms with van der Waals surface area (Å²) in [7, 11) is 0. The van der Waals surface area contributed by atoms with Crippen molar-refractivity contribution in [3.63, 3.8) is 0 Å². The average molecular weight is 195 g/mol. The number of amides is 1. The van der Waals surface area contributed by atoms with Gasteiger partial charge in [-0.05, 0) is 12.8 Å². The first-order chi connectivity index (χ1) is 6.86. The highest BCUT2D eigenvalue weighted by Gasteiger charge is 2.13. The van der Waals surface area contributed by atoms with Crippen LogP contribution in [0, 0.1) is 0 Å². The van der Waals surface area contributed by atoms with Crippen molar-refractivity contribution in [3.05, 3.63) is 12.4 Å². The highest BCUT2D eigenvalue weighted by molar-refractivity contribution is 5.74. The van der Waals surface area contributed by atoms with Crippen LogP contribution in [-0.2, 0) is 0 Å². The predicted molar refractivity (Wildman–Crippen MR) is 49.4 cm³/mol. The van der Waals surface area contributed by atoms with Gasteiger partial charge in [0.2, 0.25) is 0 Å². The minimum absolute atomic E-state index is 0.246. The molecular weight excluding hydrogens is 182 g/mol. The molecule has 14 heavy (non-hydrogen) atoms. The summed E-state index contributed by atoms with van der Waals surface area (Å²) < 4.78 is 1.19. The van der Waals surface area contributed by atoms with Crippen LogP contribution in [0.2, 0.25) is 0 Å². The molecule has 1 fully saturated rings. The van der Waals surface area contributed by atoms with Crippen LogP contribution in [0.4, 0.5) is 4.79 Å². The third-order valence-corrected chi connectivity index (χ3v) is 2.24. The number of carbonyl (C=O) groups excluding carboxylic acids is 1. The lowest BCUT2D eigenvalue weighted by molar-refractivity contribution is 0.154. The Morgan fingerprint density at radius 2 is 2.07 bits per heavy atom. The first-order valence-corrected chi connectivity index (χ1v) is 4.78. The van der Waals surface area contributed by atoms with Crippen LogP contribution in [-0.4, -0.2) is 39.1 Å². The van der Waals surface area contributed by atoms with Crippen molar-refractivity contribution in [2.24, 2.45) is 0 Å². The molecule has 1 aromatic rings. The molecule has 0 unspecified atom stereocenters. The van der Waals surface area contributed by atoms with Crippen LogP contribution in [0.15, 0.2) is 12.4 Å². The molecule has 0 atom stereocenters. The van der Waals surface area contributed by atoms with E-state index in [2.05, 4.69) is 15.7 Å². The van der Waals surface area contributed by atoms with Gasteiger partial charge in [0, 0.05) is 13.1 Å². The monoisotopic (exact) mass is 195 g/mol. The van der Waals surface area contributed by atoms with Gasteiger partial charge in [-0.3, -0.25) is 5.43 Å². The van der Waals surface area contributed by atoms with Gasteiger partial charge in [0.05, 0.1) is 12.4 Å². The minimum atomic E-state index is -0.246. The second-order valence-electron chi connectivity index (χ2n) is 3.31. The van der Waals surface area contributed by atoms with Gasteiger partial charge in [0.25, 0.3) is 0 Å². The number of nitrogens with one attached hydrogen (secondary N) is 1. The second-order valence-corrected chi connectivity index (χ2v) is 3.31. The zero-order chi connectivity index (χ0) is 9.80. The number of aromatic nitrogens is 3. The predicted octanol–water partition coefficient (Wildman–Crippen LogP) is 0.237. The number of carbonyl (C=O) groups is 1. The Hall–Kier alpha value is -1.43. The maximum absolute atomic E-state index is 11.5. The topological polar surface area (TPSA) is 63.1 Å². The van der Waals surface area contributed by atoms with Crippen LogP contribution < -0.4 is 5.43 Å². The summed E-state index contributed by atoms with van der Waals surface area (Å²) in [6, 6.07) is -0.246. The average Bonchev–Trinajstić information content (AvgIpc) is 2.72. The molecule has 1 aromatic heterocycles. The smallest absolute Gasteiger partial charge is 0.269 e. The molecule has 1 saturated heterocycles. The minimum Gasteiger partial charge on any atom is -0.269 e. The van der Waals surface area contributed by atoms with E-state index in [9.17, 15) is 4.79 Å². The van der Waals surface area contributed by atoms with Gasteiger partial charge >= 0.3 is 6.03 Å². The van der Waals surface area contributed by atoms with E-state index in [-0.39, 0.29) is 6.03 Å². The molecule has 0 aromatic carbocycles. The molecule has 1 aliphatic heterocycles. The molecule has 2 rings (SSSR count). The highest BCUT2D eigenvalue weighted by atomic mass is 16.2. The first-order valence-electron chi connectivity index (χ1n) is 4.78. The van der Waals surface area contributed by atoms with Crippen LogP contribution in [0.1, 0.15) is 19.3 Å². The number of hydrogen-bond donors (Lipinski definition) is 1. The molecule has 0 spiro atoms. The molecule has 1 aliphatic rings. The van der Waals surface area contributed by atoms with Crippen LogP contribution in [0.5, 0.6) is 0 Å². The maximum Gasteiger partial charge on any atom is 0.357 e. The highest BCUT2D eigenvalue weighted by Crippen LogP contribution is 2.05. The summed E-state index contributed by atoms with van der Waals surface area (Å²) in [5, 5.41) is 9.10. The van der Waals surface area contributed by atoms with E-state index in [1.165, 1.54) is 23.5 Å². The zero-order valence-corrected chi connectivity index (χ0v) is 7.89. The maximum atomic E-state index is 11.5. The van der Waals surface area contributed by atoms with E-state index in [1.807, 2.05) is 5.01 Å². The summed E-state index contributed by atoms with van der Waals surface area (Å²) in [4.78, 5) is 11.5. The Morgan fingerprint density at radius 1 is 1.29 bits per heavy atom. The second kappa shape index (κ2) is 4.19. The fourth-order valence-corrected chi connectivity index (χ4v) is 1.51. The Bertz CT molecular complexity index is 291. The summed E-state index contributed by atoms with van der Waals surface area (Å²) in [5.41, 5.74) is 2.78. The van der Waals surface area contributed by atoms with Crippen LogP contribution in [0.3, 0.4) is 0 Å². The SMILES string of the molecule is O=C(NN1CCCCC1)n1ccnn1. The standard InChI is InChI=1S/C8H13N5O/c14-8(13-7-4-9-11-13)10-12-5-2-1-3-6-12/h4,7H,1-3,5-6H2,(H,10,14). The Balaban J connectivity index is 1.87. The van der Waals surface area contributed by atoms with E-state index < -0.39 is 0 Å². The first kappa shape index (κ1) is 9.14. The molecule has 76 valence electrons. The molecule has 6 nitrogen and oxygen atoms in total. The van der Waals surface area contributed by atoms with Gasteiger partial charge in [0.15, 0.2) is 0 Å². The third-order valence-electron chi connectivity index (χ3n) is 2.24. The van der Waals surface area contributed by atoms with Gasteiger partial charge in [-0.15, -0.1) is 5.10 Å². The molecule has 0 bridgehead atoms.